The molecule has 0 aliphatic carbocycles. The minimum absolute atomic E-state index is 0.598. The molecule has 0 aliphatic rings. The van der Waals surface area contributed by atoms with Crippen molar-refractivity contribution in [2.24, 2.45) is 0 Å². The van der Waals surface area contributed by atoms with Crippen LogP contribution in [0, 0.1) is 0 Å². The van der Waals surface area contributed by atoms with Crippen molar-refractivity contribution in [2.45, 2.75) is 0 Å². The lowest BCUT2D eigenvalue weighted by Gasteiger charge is -2.05. The Morgan fingerprint density at radius 1 is 0.234 bits per heavy atom. The van der Waals surface area contributed by atoms with Gasteiger partial charge in [-0.3, -0.25) is 4.79 Å². The third-order valence-electron chi connectivity index (χ3n) is 10.4. The van der Waals surface area contributed by atoms with E-state index in [0.29, 0.717) is 5.56 Å². The summed E-state index contributed by atoms with van der Waals surface area (Å²) >= 11 is 0. The van der Waals surface area contributed by atoms with Crippen LogP contribution in [0.5, 0.6) is 23.0 Å². The summed E-state index contributed by atoms with van der Waals surface area (Å²) in [6.45, 7) is 0. The molecular formula is C59H50O5. The van der Waals surface area contributed by atoms with Crippen molar-refractivity contribution >= 4 is 79.2 Å². The van der Waals surface area contributed by atoms with E-state index in [4.69, 9.17) is 18.9 Å². The van der Waals surface area contributed by atoms with Crippen LogP contribution >= 0.6 is 0 Å². The highest BCUT2D eigenvalue weighted by atomic mass is 16.5. The first-order valence-electron chi connectivity index (χ1n) is 20.9. The molecule has 0 amide bonds. The van der Waals surface area contributed by atoms with Gasteiger partial charge in [0.1, 0.15) is 29.3 Å². The number of rotatable bonds is 17. The van der Waals surface area contributed by atoms with Gasteiger partial charge in [-0.1, -0.05) is 121 Å². The quantitative estimate of drug-likeness (QED) is 0.0675. The molecule has 0 aliphatic heterocycles. The van der Waals surface area contributed by atoms with Crippen molar-refractivity contribution in [3.8, 4) is 23.0 Å². The average Bonchev–Trinajstić information content (AvgIpc) is 3.35. The molecule has 0 bridgehead atoms. The van der Waals surface area contributed by atoms with Gasteiger partial charge in [0.2, 0.25) is 0 Å². The highest BCUT2D eigenvalue weighted by molar-refractivity contribution is 5.84. The number of carbonyl (C=O) groups is 1. The molecule has 7 rings (SSSR count). The van der Waals surface area contributed by atoms with Crippen LogP contribution in [0.15, 0.2) is 152 Å². The Morgan fingerprint density at radius 2 is 0.391 bits per heavy atom. The monoisotopic (exact) mass is 838 g/mol. The molecule has 0 saturated heterocycles. The Hall–Kier alpha value is -8.15. The molecule has 0 saturated carbocycles. The summed E-state index contributed by atoms with van der Waals surface area (Å²) in [7, 11) is 6.67. The van der Waals surface area contributed by atoms with Gasteiger partial charge in [0.25, 0.3) is 0 Å². The van der Waals surface area contributed by atoms with Crippen LogP contribution in [0.1, 0.15) is 77.1 Å². The molecule has 64 heavy (non-hydrogen) atoms. The minimum atomic E-state index is 0.598. The number of benzene rings is 7. The maximum Gasteiger partial charge on any atom is 0.150 e. The zero-order valence-electron chi connectivity index (χ0n) is 36.5. The SMILES string of the molecule is COc1ccc(/C=C/c2cc(/C=C/c3ccc(OC)cc3)cc(/C=C/c3cc(C=O)cc(/C=C/c4cc(/C=C/c5ccc(OC)cc5)cc(/C=C/c5ccc(OC)cc5)c4)c3)c2)cc1. The Labute approximate surface area is 376 Å². The second-order valence-electron chi connectivity index (χ2n) is 15.0. The molecule has 5 nitrogen and oxygen atoms in total. The van der Waals surface area contributed by atoms with E-state index in [9.17, 15) is 4.79 Å². The molecule has 0 N–H and O–H groups in total. The van der Waals surface area contributed by atoms with Gasteiger partial charge in [-0.05, 0) is 170 Å². The highest BCUT2D eigenvalue weighted by Crippen LogP contribution is 2.24. The third-order valence-corrected chi connectivity index (χ3v) is 10.4. The van der Waals surface area contributed by atoms with E-state index in [1.54, 1.807) is 28.4 Å². The predicted molar refractivity (Wildman–Crippen MR) is 270 cm³/mol. The average molecular weight is 839 g/mol. The van der Waals surface area contributed by atoms with Crippen LogP contribution in [0.3, 0.4) is 0 Å². The first-order valence-corrected chi connectivity index (χ1v) is 20.9. The lowest BCUT2D eigenvalue weighted by Crippen LogP contribution is -1.86. The van der Waals surface area contributed by atoms with Gasteiger partial charge in [-0.15, -0.1) is 0 Å². The van der Waals surface area contributed by atoms with E-state index in [-0.39, 0.29) is 0 Å². The van der Waals surface area contributed by atoms with Crippen molar-refractivity contribution < 1.29 is 23.7 Å². The van der Waals surface area contributed by atoms with Crippen molar-refractivity contribution in [2.75, 3.05) is 28.4 Å². The second kappa shape index (κ2) is 22.1. The van der Waals surface area contributed by atoms with E-state index >= 15 is 0 Å². The maximum absolute atomic E-state index is 12.2. The molecule has 5 heteroatoms. The molecular weight excluding hydrogens is 789 g/mol. The lowest BCUT2D eigenvalue weighted by atomic mass is 10.00. The highest BCUT2D eigenvalue weighted by Gasteiger charge is 2.03. The molecule has 7 aromatic rings. The second-order valence-corrected chi connectivity index (χ2v) is 15.0. The van der Waals surface area contributed by atoms with E-state index < -0.39 is 0 Å². The van der Waals surface area contributed by atoms with E-state index in [1.807, 2.05) is 109 Å². The van der Waals surface area contributed by atoms with E-state index in [0.717, 1.165) is 96.0 Å². The summed E-state index contributed by atoms with van der Waals surface area (Å²) in [4.78, 5) is 12.2. The molecule has 7 aromatic carbocycles. The van der Waals surface area contributed by atoms with Crippen LogP contribution in [-0.4, -0.2) is 34.7 Å². The van der Waals surface area contributed by atoms with Gasteiger partial charge in [0, 0.05) is 5.56 Å². The van der Waals surface area contributed by atoms with Crippen molar-refractivity contribution in [3.05, 3.63) is 224 Å². The number of methoxy groups -OCH3 is 4. The number of hydrogen-bond donors (Lipinski definition) is 0. The van der Waals surface area contributed by atoms with Crippen molar-refractivity contribution in [1.29, 1.82) is 0 Å². The fourth-order valence-corrected chi connectivity index (χ4v) is 6.96. The predicted octanol–water partition coefficient (Wildman–Crippen LogP) is 14.6. The molecule has 0 spiro atoms. The van der Waals surface area contributed by atoms with Gasteiger partial charge in [0.15, 0.2) is 0 Å². The smallest absolute Gasteiger partial charge is 0.150 e. The molecule has 0 unspecified atom stereocenters. The summed E-state index contributed by atoms with van der Waals surface area (Å²) in [5.41, 5.74) is 13.0. The van der Waals surface area contributed by atoms with Crippen molar-refractivity contribution in [1.82, 2.24) is 0 Å². The largest absolute Gasteiger partial charge is 0.497 e. The van der Waals surface area contributed by atoms with Gasteiger partial charge in [0.05, 0.1) is 28.4 Å². The normalized spacial score (nSPS) is 11.8. The Kier molecular flexibility index (Phi) is 15.2. The molecule has 0 aromatic heterocycles. The fourth-order valence-electron chi connectivity index (χ4n) is 6.96. The maximum atomic E-state index is 12.2. The van der Waals surface area contributed by atoms with E-state index in [2.05, 4.69) is 115 Å². The van der Waals surface area contributed by atoms with Crippen LogP contribution in [0.25, 0.3) is 72.9 Å². The van der Waals surface area contributed by atoms with Gasteiger partial charge < -0.3 is 18.9 Å². The van der Waals surface area contributed by atoms with E-state index in [1.165, 1.54) is 0 Å². The summed E-state index contributed by atoms with van der Waals surface area (Å²) < 4.78 is 21.4. The minimum Gasteiger partial charge on any atom is -0.497 e. The van der Waals surface area contributed by atoms with Gasteiger partial charge >= 0.3 is 0 Å². The fraction of sp³-hybridized carbons (Fsp3) is 0.0678. The number of hydrogen-bond acceptors (Lipinski definition) is 5. The Bertz CT molecular complexity index is 2500. The van der Waals surface area contributed by atoms with Crippen LogP contribution in [0.2, 0.25) is 0 Å². The third kappa shape index (κ3) is 12.9. The summed E-state index contributed by atoms with van der Waals surface area (Å²) in [5.74, 6) is 3.27. The van der Waals surface area contributed by atoms with Gasteiger partial charge in [-0.25, -0.2) is 0 Å². The lowest BCUT2D eigenvalue weighted by molar-refractivity contribution is 0.112. The van der Waals surface area contributed by atoms with Gasteiger partial charge in [-0.2, -0.15) is 0 Å². The van der Waals surface area contributed by atoms with Crippen molar-refractivity contribution in [3.63, 3.8) is 0 Å². The Balaban J connectivity index is 1.17. The van der Waals surface area contributed by atoms with Crippen LogP contribution in [0.4, 0.5) is 0 Å². The zero-order chi connectivity index (χ0) is 44.5. The topological polar surface area (TPSA) is 54.0 Å². The summed E-state index contributed by atoms with van der Waals surface area (Å²) in [6, 6.07) is 50.8. The standard InChI is InChI=1S/C59H50O5/c1-61-56-25-17-43(18-26-56)5-9-47-33-48(10-6-44-19-27-57(62-2)28-20-44)36-51(35-47)13-15-53-39-54(41-55(40-53)42-60)16-14-52-37-49(11-7-45-21-29-58(63-3)30-22-45)34-50(38-52)12-8-46-23-31-59(64-4)32-24-46/h5-42H,1-4H3/b9-5+,10-6+,11-7+,12-8+,15-13+,16-14+. The molecule has 0 heterocycles. The summed E-state index contributed by atoms with van der Waals surface area (Å²) in [5, 5.41) is 0. The first-order chi connectivity index (χ1) is 31.4. The summed E-state index contributed by atoms with van der Waals surface area (Å²) in [6.07, 6.45) is 26.0. The van der Waals surface area contributed by atoms with Crippen LogP contribution < -0.4 is 18.9 Å². The zero-order valence-corrected chi connectivity index (χ0v) is 36.5. The van der Waals surface area contributed by atoms with Crippen LogP contribution in [-0.2, 0) is 0 Å². The first kappa shape index (κ1) is 43.9. The molecule has 0 fully saturated rings. The molecule has 0 atom stereocenters. The number of aldehydes is 1. The Morgan fingerprint density at radius 3 is 0.547 bits per heavy atom. The molecule has 0 radical (unpaired) electrons. The number of carbonyl (C=O) groups excluding carboxylic acids is 1. The molecule has 316 valence electrons. The number of ether oxygens (including phenoxy) is 4.